The van der Waals surface area contributed by atoms with Gasteiger partial charge in [-0.05, 0) is 66.2 Å². The van der Waals surface area contributed by atoms with Crippen LogP contribution in [0.5, 0.6) is 0 Å². The van der Waals surface area contributed by atoms with Crippen LogP contribution < -0.4 is 5.73 Å². The molecule has 3 heteroatoms. The lowest BCUT2D eigenvalue weighted by Gasteiger charge is -2.40. The van der Waals surface area contributed by atoms with E-state index < -0.39 is 0 Å². The molecule has 1 unspecified atom stereocenters. The van der Waals surface area contributed by atoms with Crippen LogP contribution in [0.3, 0.4) is 0 Å². The lowest BCUT2D eigenvalue weighted by Crippen LogP contribution is -2.47. The van der Waals surface area contributed by atoms with Crippen molar-refractivity contribution in [3.63, 3.8) is 0 Å². The van der Waals surface area contributed by atoms with Crippen molar-refractivity contribution < 1.29 is 0 Å². The van der Waals surface area contributed by atoms with Gasteiger partial charge in [-0.1, -0.05) is 0 Å². The Bertz CT molecular complexity index is 203. The SMILES string of the molecule is CN1CCCC(CN(C)C(C)(C)CCN)C1. The quantitative estimate of drug-likeness (QED) is 0.770. The molecule has 1 heterocycles. The standard InChI is InChI=1S/C13H29N3/c1-13(2,7-8-14)16(4)11-12-6-5-9-15(3)10-12/h12H,5-11,14H2,1-4H3. The molecule has 1 aliphatic rings. The van der Waals surface area contributed by atoms with E-state index in [9.17, 15) is 0 Å². The maximum Gasteiger partial charge on any atom is 0.0162 e. The number of likely N-dealkylation sites (tertiary alicyclic amines) is 1. The summed E-state index contributed by atoms with van der Waals surface area (Å²) in [5.74, 6) is 0.834. The van der Waals surface area contributed by atoms with Gasteiger partial charge in [-0.3, -0.25) is 0 Å². The predicted molar refractivity (Wildman–Crippen MR) is 70.6 cm³/mol. The van der Waals surface area contributed by atoms with Crippen LogP contribution >= 0.6 is 0 Å². The minimum Gasteiger partial charge on any atom is -0.330 e. The Kier molecular flexibility index (Phi) is 5.22. The zero-order valence-corrected chi connectivity index (χ0v) is 11.5. The van der Waals surface area contributed by atoms with Crippen LogP contribution in [0.1, 0.15) is 33.1 Å². The summed E-state index contributed by atoms with van der Waals surface area (Å²) in [4.78, 5) is 4.95. The average Bonchev–Trinajstić information content (AvgIpc) is 2.17. The smallest absolute Gasteiger partial charge is 0.0162 e. The molecule has 1 rings (SSSR count). The van der Waals surface area contributed by atoms with Crippen LogP contribution in [-0.2, 0) is 0 Å². The Morgan fingerprint density at radius 2 is 2.12 bits per heavy atom. The normalized spacial score (nSPS) is 24.0. The molecule has 0 aromatic heterocycles. The molecule has 1 aliphatic heterocycles. The zero-order valence-electron chi connectivity index (χ0n) is 11.5. The fraction of sp³-hybridized carbons (Fsp3) is 1.00. The van der Waals surface area contributed by atoms with Gasteiger partial charge in [0, 0.05) is 18.6 Å². The van der Waals surface area contributed by atoms with E-state index in [2.05, 4.69) is 37.7 Å². The Hall–Kier alpha value is -0.120. The van der Waals surface area contributed by atoms with E-state index in [1.165, 1.54) is 32.5 Å². The monoisotopic (exact) mass is 227 g/mol. The highest BCUT2D eigenvalue weighted by Gasteiger charge is 2.26. The Labute approximate surface area is 101 Å². The van der Waals surface area contributed by atoms with Gasteiger partial charge in [-0.15, -0.1) is 0 Å². The molecular weight excluding hydrogens is 198 g/mol. The first kappa shape index (κ1) is 13.9. The molecule has 1 atom stereocenters. The second-order valence-corrected chi connectivity index (χ2v) is 6.00. The first-order valence-electron chi connectivity index (χ1n) is 6.55. The maximum atomic E-state index is 5.67. The molecule has 1 fully saturated rings. The molecule has 0 saturated carbocycles. The minimum atomic E-state index is 0.241. The van der Waals surface area contributed by atoms with E-state index in [1.54, 1.807) is 0 Å². The lowest BCUT2D eigenvalue weighted by atomic mass is 9.93. The highest BCUT2D eigenvalue weighted by molar-refractivity contribution is 4.82. The molecule has 0 amide bonds. The van der Waals surface area contributed by atoms with Crippen molar-refractivity contribution in [3.05, 3.63) is 0 Å². The third-order valence-electron chi connectivity index (χ3n) is 4.04. The van der Waals surface area contributed by atoms with E-state index in [-0.39, 0.29) is 5.54 Å². The van der Waals surface area contributed by atoms with Crippen molar-refractivity contribution in [2.75, 3.05) is 40.3 Å². The number of rotatable bonds is 5. The van der Waals surface area contributed by atoms with E-state index in [1.807, 2.05) is 0 Å². The summed E-state index contributed by atoms with van der Waals surface area (Å²) in [6.45, 7) is 9.10. The molecule has 3 nitrogen and oxygen atoms in total. The largest absolute Gasteiger partial charge is 0.330 e. The molecule has 16 heavy (non-hydrogen) atoms. The van der Waals surface area contributed by atoms with Gasteiger partial charge < -0.3 is 15.5 Å². The number of nitrogens with two attached hydrogens (primary N) is 1. The third-order valence-corrected chi connectivity index (χ3v) is 4.04. The summed E-state index contributed by atoms with van der Waals surface area (Å²) in [6, 6.07) is 0. The molecular formula is C13H29N3. The summed E-state index contributed by atoms with van der Waals surface area (Å²) >= 11 is 0. The summed E-state index contributed by atoms with van der Waals surface area (Å²) < 4.78 is 0. The molecule has 96 valence electrons. The summed E-state index contributed by atoms with van der Waals surface area (Å²) in [7, 11) is 4.47. The lowest BCUT2D eigenvalue weighted by molar-refractivity contribution is 0.0955. The summed E-state index contributed by atoms with van der Waals surface area (Å²) in [5, 5.41) is 0. The van der Waals surface area contributed by atoms with Gasteiger partial charge in [0.05, 0.1) is 0 Å². The Morgan fingerprint density at radius 3 is 2.69 bits per heavy atom. The number of piperidine rings is 1. The second kappa shape index (κ2) is 5.99. The molecule has 0 bridgehead atoms. The van der Waals surface area contributed by atoms with Crippen molar-refractivity contribution >= 4 is 0 Å². The van der Waals surface area contributed by atoms with Crippen LogP contribution in [0.15, 0.2) is 0 Å². The van der Waals surface area contributed by atoms with Crippen LogP contribution in [0.2, 0.25) is 0 Å². The van der Waals surface area contributed by atoms with Gasteiger partial charge in [-0.25, -0.2) is 0 Å². The topological polar surface area (TPSA) is 32.5 Å². The summed E-state index contributed by atoms with van der Waals surface area (Å²) in [6.07, 6.45) is 3.81. The Morgan fingerprint density at radius 1 is 1.44 bits per heavy atom. The van der Waals surface area contributed by atoms with Gasteiger partial charge in [0.15, 0.2) is 0 Å². The van der Waals surface area contributed by atoms with E-state index >= 15 is 0 Å². The highest BCUT2D eigenvalue weighted by Crippen LogP contribution is 2.21. The number of hydrogen-bond acceptors (Lipinski definition) is 3. The Balaban J connectivity index is 2.40. The number of nitrogens with zero attached hydrogens (tertiary/aromatic N) is 2. The molecule has 0 aliphatic carbocycles. The van der Waals surface area contributed by atoms with Crippen molar-refractivity contribution in [2.45, 2.75) is 38.6 Å². The molecule has 2 N–H and O–H groups in total. The van der Waals surface area contributed by atoms with E-state index in [4.69, 9.17) is 5.73 Å². The van der Waals surface area contributed by atoms with Gasteiger partial charge >= 0.3 is 0 Å². The summed E-state index contributed by atoms with van der Waals surface area (Å²) in [5.41, 5.74) is 5.91. The minimum absolute atomic E-state index is 0.241. The van der Waals surface area contributed by atoms with Crippen LogP contribution in [-0.4, -0.2) is 55.6 Å². The van der Waals surface area contributed by atoms with Gasteiger partial charge in [-0.2, -0.15) is 0 Å². The number of hydrogen-bond donors (Lipinski definition) is 1. The fourth-order valence-corrected chi connectivity index (χ4v) is 2.60. The first-order valence-corrected chi connectivity index (χ1v) is 6.55. The van der Waals surface area contributed by atoms with Crippen molar-refractivity contribution in [3.8, 4) is 0 Å². The predicted octanol–water partition coefficient (Wildman–Crippen LogP) is 1.39. The highest BCUT2D eigenvalue weighted by atomic mass is 15.2. The molecule has 0 aromatic rings. The van der Waals surface area contributed by atoms with Crippen molar-refractivity contribution in [1.82, 2.24) is 9.80 Å². The van der Waals surface area contributed by atoms with Gasteiger partial charge in [0.1, 0.15) is 0 Å². The second-order valence-electron chi connectivity index (χ2n) is 6.00. The first-order chi connectivity index (χ1) is 7.45. The average molecular weight is 227 g/mol. The van der Waals surface area contributed by atoms with Gasteiger partial charge in [0.25, 0.3) is 0 Å². The molecule has 0 radical (unpaired) electrons. The van der Waals surface area contributed by atoms with Gasteiger partial charge in [0.2, 0.25) is 0 Å². The van der Waals surface area contributed by atoms with Crippen molar-refractivity contribution in [1.29, 1.82) is 0 Å². The zero-order chi connectivity index (χ0) is 12.2. The van der Waals surface area contributed by atoms with E-state index in [0.717, 1.165) is 18.9 Å². The molecule has 1 saturated heterocycles. The van der Waals surface area contributed by atoms with E-state index in [0.29, 0.717) is 0 Å². The molecule has 0 spiro atoms. The third kappa shape index (κ3) is 4.04. The van der Waals surface area contributed by atoms with Crippen LogP contribution in [0, 0.1) is 5.92 Å². The molecule has 0 aromatic carbocycles. The van der Waals surface area contributed by atoms with Crippen LogP contribution in [0.4, 0.5) is 0 Å². The fourth-order valence-electron chi connectivity index (χ4n) is 2.60. The van der Waals surface area contributed by atoms with Crippen LogP contribution in [0.25, 0.3) is 0 Å². The maximum absolute atomic E-state index is 5.67. The van der Waals surface area contributed by atoms with Crippen molar-refractivity contribution in [2.24, 2.45) is 11.7 Å².